The molecule has 22 heavy (non-hydrogen) atoms. The number of Topliss-reactive ketones (excluding diaryl/α,β-unsaturated/α-hetero) is 1. The molecule has 0 saturated carbocycles. The van der Waals surface area contributed by atoms with Crippen LogP contribution in [0.5, 0.6) is 0 Å². The van der Waals surface area contributed by atoms with Crippen molar-refractivity contribution in [1.82, 2.24) is 10.3 Å². The van der Waals surface area contributed by atoms with Gasteiger partial charge in [-0.3, -0.25) is 4.79 Å². The van der Waals surface area contributed by atoms with Gasteiger partial charge in [-0.1, -0.05) is 25.1 Å². The summed E-state index contributed by atoms with van der Waals surface area (Å²) in [6, 6.07) is 8.39. The molecule has 1 aliphatic rings. The molecule has 3 heteroatoms. The second kappa shape index (κ2) is 6.82. The predicted molar refractivity (Wildman–Crippen MR) is 90.8 cm³/mol. The van der Waals surface area contributed by atoms with Crippen molar-refractivity contribution in [1.29, 1.82) is 0 Å². The lowest BCUT2D eigenvalue weighted by molar-refractivity contribution is -0.115. The first-order chi connectivity index (χ1) is 10.8. The second-order valence-electron chi connectivity index (χ2n) is 5.98. The molecule has 0 spiro atoms. The zero-order valence-corrected chi connectivity index (χ0v) is 13.2. The van der Waals surface area contributed by atoms with Gasteiger partial charge >= 0.3 is 0 Å². The minimum atomic E-state index is 0.314. The minimum absolute atomic E-state index is 0.314. The summed E-state index contributed by atoms with van der Waals surface area (Å²) in [6.07, 6.45) is 7.99. The number of aromatic amines is 1. The molecule has 3 nitrogen and oxygen atoms in total. The van der Waals surface area contributed by atoms with Crippen molar-refractivity contribution >= 4 is 16.7 Å². The van der Waals surface area contributed by atoms with E-state index in [9.17, 15) is 4.79 Å². The normalized spacial score (nSPS) is 15.3. The first kappa shape index (κ1) is 14.9. The maximum absolute atomic E-state index is 12.0. The Morgan fingerprint density at radius 2 is 2.05 bits per heavy atom. The number of aromatic nitrogens is 1. The second-order valence-corrected chi connectivity index (χ2v) is 5.98. The SMILES string of the molecule is CCC(=O)C1=C(NCCc2c[nH]c3ccccc23)CCCC1. The van der Waals surface area contributed by atoms with Crippen LogP contribution >= 0.6 is 0 Å². The highest BCUT2D eigenvalue weighted by Crippen LogP contribution is 2.24. The van der Waals surface area contributed by atoms with Crippen LogP contribution in [0.1, 0.15) is 44.6 Å². The van der Waals surface area contributed by atoms with Gasteiger partial charge in [0.15, 0.2) is 5.78 Å². The van der Waals surface area contributed by atoms with E-state index in [-0.39, 0.29) is 0 Å². The molecule has 2 N–H and O–H groups in total. The number of nitrogens with one attached hydrogen (secondary N) is 2. The molecule has 2 aromatic rings. The lowest BCUT2D eigenvalue weighted by Gasteiger charge is -2.20. The topological polar surface area (TPSA) is 44.9 Å². The van der Waals surface area contributed by atoms with Crippen LogP contribution < -0.4 is 5.32 Å². The highest BCUT2D eigenvalue weighted by molar-refractivity contribution is 5.95. The van der Waals surface area contributed by atoms with Crippen LogP contribution in [0.2, 0.25) is 0 Å². The molecular weight excluding hydrogens is 272 g/mol. The smallest absolute Gasteiger partial charge is 0.160 e. The van der Waals surface area contributed by atoms with Crippen molar-refractivity contribution in [2.45, 2.75) is 45.4 Å². The summed E-state index contributed by atoms with van der Waals surface area (Å²) < 4.78 is 0. The van der Waals surface area contributed by atoms with Gasteiger partial charge in [-0.15, -0.1) is 0 Å². The summed E-state index contributed by atoms with van der Waals surface area (Å²) in [5.74, 6) is 0.314. The highest BCUT2D eigenvalue weighted by atomic mass is 16.1. The first-order valence-corrected chi connectivity index (χ1v) is 8.33. The number of fused-ring (bicyclic) bond motifs is 1. The molecule has 1 aliphatic carbocycles. The minimum Gasteiger partial charge on any atom is -0.388 e. The number of carbonyl (C=O) groups excluding carboxylic acids is 1. The molecule has 3 rings (SSSR count). The summed E-state index contributed by atoms with van der Waals surface area (Å²) >= 11 is 0. The van der Waals surface area contributed by atoms with Crippen molar-refractivity contribution in [3.05, 3.63) is 47.3 Å². The third-order valence-electron chi connectivity index (χ3n) is 4.53. The van der Waals surface area contributed by atoms with Crippen LogP contribution in [0, 0.1) is 0 Å². The molecule has 0 bridgehead atoms. The van der Waals surface area contributed by atoms with Crippen molar-refractivity contribution < 1.29 is 4.79 Å². The van der Waals surface area contributed by atoms with Gasteiger partial charge < -0.3 is 10.3 Å². The van der Waals surface area contributed by atoms with Crippen LogP contribution in [0.4, 0.5) is 0 Å². The molecule has 0 saturated heterocycles. The fourth-order valence-electron chi connectivity index (χ4n) is 3.31. The van der Waals surface area contributed by atoms with Crippen molar-refractivity contribution in [3.63, 3.8) is 0 Å². The van der Waals surface area contributed by atoms with Crippen molar-refractivity contribution in [2.24, 2.45) is 0 Å². The molecule has 0 atom stereocenters. The Balaban J connectivity index is 1.67. The number of ketones is 1. The Kier molecular flexibility index (Phi) is 4.62. The Labute approximate surface area is 131 Å². The van der Waals surface area contributed by atoms with E-state index in [4.69, 9.17) is 0 Å². The van der Waals surface area contributed by atoms with E-state index < -0.39 is 0 Å². The Morgan fingerprint density at radius 3 is 2.91 bits per heavy atom. The number of rotatable bonds is 6. The van der Waals surface area contributed by atoms with Crippen LogP contribution in [0.15, 0.2) is 41.7 Å². The quantitative estimate of drug-likeness (QED) is 0.842. The van der Waals surface area contributed by atoms with Crippen LogP contribution in [-0.4, -0.2) is 17.3 Å². The Morgan fingerprint density at radius 1 is 1.23 bits per heavy atom. The number of carbonyl (C=O) groups is 1. The highest BCUT2D eigenvalue weighted by Gasteiger charge is 2.17. The van der Waals surface area contributed by atoms with Gasteiger partial charge in [0.25, 0.3) is 0 Å². The summed E-state index contributed by atoms with van der Waals surface area (Å²) in [4.78, 5) is 15.4. The third-order valence-corrected chi connectivity index (χ3v) is 4.53. The van der Waals surface area contributed by atoms with Crippen molar-refractivity contribution in [2.75, 3.05) is 6.54 Å². The molecule has 1 aromatic heterocycles. The molecule has 116 valence electrons. The monoisotopic (exact) mass is 296 g/mol. The van der Waals surface area contributed by atoms with Gasteiger partial charge in [0.05, 0.1) is 0 Å². The fraction of sp³-hybridized carbons (Fsp3) is 0.421. The number of allylic oxidation sites excluding steroid dienone is 2. The molecule has 0 unspecified atom stereocenters. The molecule has 1 aromatic carbocycles. The number of para-hydroxylation sites is 1. The maximum Gasteiger partial charge on any atom is 0.160 e. The number of benzene rings is 1. The molecule has 0 fully saturated rings. The van der Waals surface area contributed by atoms with Gasteiger partial charge in [0.2, 0.25) is 0 Å². The lowest BCUT2D eigenvalue weighted by atomic mass is 9.92. The molecular formula is C19H24N2O. The fourth-order valence-corrected chi connectivity index (χ4v) is 3.31. The average molecular weight is 296 g/mol. The van der Waals surface area contributed by atoms with E-state index in [0.717, 1.165) is 37.8 Å². The van der Waals surface area contributed by atoms with Crippen LogP contribution in [-0.2, 0) is 11.2 Å². The standard InChI is InChI=1S/C19H24N2O/c1-2-19(22)16-8-4-6-10-18(16)20-12-11-14-13-21-17-9-5-3-7-15(14)17/h3,5,7,9,13,20-21H,2,4,6,8,10-12H2,1H3. The Bertz CT molecular complexity index is 696. The molecule has 0 amide bonds. The van der Waals surface area contributed by atoms with Gasteiger partial charge in [-0.25, -0.2) is 0 Å². The summed E-state index contributed by atoms with van der Waals surface area (Å²) in [5, 5.41) is 4.83. The summed E-state index contributed by atoms with van der Waals surface area (Å²) in [7, 11) is 0. The third kappa shape index (κ3) is 3.08. The van der Waals surface area contributed by atoms with Gasteiger partial charge in [-0.05, 0) is 43.7 Å². The van der Waals surface area contributed by atoms with Gasteiger partial charge in [0.1, 0.15) is 0 Å². The first-order valence-electron chi connectivity index (χ1n) is 8.33. The average Bonchev–Trinajstić information content (AvgIpc) is 2.98. The molecule has 0 aliphatic heterocycles. The Hall–Kier alpha value is -2.03. The number of hydrogen-bond donors (Lipinski definition) is 2. The van der Waals surface area contributed by atoms with E-state index in [0.29, 0.717) is 12.2 Å². The number of H-pyrrole nitrogens is 1. The summed E-state index contributed by atoms with van der Waals surface area (Å²) in [5.41, 5.74) is 4.77. The van der Waals surface area contributed by atoms with E-state index in [1.165, 1.54) is 28.6 Å². The summed E-state index contributed by atoms with van der Waals surface area (Å²) in [6.45, 7) is 2.84. The van der Waals surface area contributed by atoms with Crippen molar-refractivity contribution in [3.8, 4) is 0 Å². The molecule has 1 heterocycles. The van der Waals surface area contributed by atoms with E-state index in [1.54, 1.807) is 0 Å². The van der Waals surface area contributed by atoms with E-state index in [1.807, 2.05) is 6.92 Å². The molecule has 0 radical (unpaired) electrons. The number of hydrogen-bond acceptors (Lipinski definition) is 2. The van der Waals surface area contributed by atoms with Crippen LogP contribution in [0.25, 0.3) is 10.9 Å². The maximum atomic E-state index is 12.0. The van der Waals surface area contributed by atoms with Gasteiger partial charge in [0, 0.05) is 41.3 Å². The zero-order chi connectivity index (χ0) is 15.4. The zero-order valence-electron chi connectivity index (χ0n) is 13.2. The predicted octanol–water partition coefficient (Wildman–Crippen LogP) is 4.11. The van der Waals surface area contributed by atoms with E-state index >= 15 is 0 Å². The van der Waals surface area contributed by atoms with Gasteiger partial charge in [-0.2, -0.15) is 0 Å². The largest absolute Gasteiger partial charge is 0.388 e. The van der Waals surface area contributed by atoms with Crippen LogP contribution in [0.3, 0.4) is 0 Å². The van der Waals surface area contributed by atoms with E-state index in [2.05, 4.69) is 40.8 Å². The lowest BCUT2D eigenvalue weighted by Crippen LogP contribution is -2.23.